The molecule has 0 aliphatic rings. The average molecular weight is 510 g/mol. The van der Waals surface area contributed by atoms with Crippen LogP contribution in [0.1, 0.15) is 20.3 Å². The first kappa shape index (κ1) is 27.8. The molecule has 9 heteroatoms. The number of carbonyl (C=O) groups is 2. The molecule has 2 aromatic carbocycles. The van der Waals surface area contributed by atoms with Gasteiger partial charge in [-0.25, -0.2) is 9.37 Å². The third-order valence-electron chi connectivity index (χ3n) is 5.22. The number of hydrogen-bond acceptors (Lipinski definition) is 6. The molecule has 1 aromatic heterocycles. The Balaban J connectivity index is 1.63. The predicted molar refractivity (Wildman–Crippen MR) is 139 cm³/mol. The lowest BCUT2D eigenvalue weighted by Gasteiger charge is -2.20. The van der Waals surface area contributed by atoms with Crippen molar-refractivity contribution in [1.82, 2.24) is 10.3 Å². The molecule has 2 N–H and O–H groups in total. The van der Waals surface area contributed by atoms with Crippen LogP contribution in [0.2, 0.25) is 0 Å². The van der Waals surface area contributed by atoms with Crippen LogP contribution in [0, 0.1) is 11.7 Å². The van der Waals surface area contributed by atoms with Gasteiger partial charge in [0.05, 0.1) is 18.9 Å². The number of anilines is 1. The fourth-order valence-electron chi connectivity index (χ4n) is 3.46. The molecule has 1 heterocycles. The lowest BCUT2D eigenvalue weighted by atomic mass is 10.0. The second-order valence-corrected chi connectivity index (χ2v) is 8.77. The number of nitrogens with one attached hydrogen (secondary N) is 2. The number of aromatic nitrogens is 1. The van der Waals surface area contributed by atoms with E-state index < -0.39 is 6.04 Å². The van der Waals surface area contributed by atoms with E-state index in [-0.39, 0.29) is 30.2 Å². The minimum atomic E-state index is -0.730. The van der Waals surface area contributed by atoms with E-state index in [1.165, 1.54) is 12.1 Å². The normalized spacial score (nSPS) is 11.7. The molecule has 0 radical (unpaired) electrons. The number of ether oxygens (including phenoxy) is 3. The Morgan fingerprint density at radius 2 is 1.62 bits per heavy atom. The van der Waals surface area contributed by atoms with Crippen molar-refractivity contribution in [2.24, 2.45) is 5.92 Å². The molecule has 0 saturated carbocycles. The first-order valence-electron chi connectivity index (χ1n) is 12.0. The monoisotopic (exact) mass is 509 g/mol. The van der Waals surface area contributed by atoms with Gasteiger partial charge in [-0.1, -0.05) is 19.9 Å². The lowest BCUT2D eigenvalue weighted by molar-refractivity contribution is -0.130. The van der Waals surface area contributed by atoms with Gasteiger partial charge >= 0.3 is 0 Å². The summed E-state index contributed by atoms with van der Waals surface area (Å²) in [6.45, 7) is 4.48. The van der Waals surface area contributed by atoms with Gasteiger partial charge in [0.2, 0.25) is 11.8 Å². The average Bonchev–Trinajstić information content (AvgIpc) is 2.88. The zero-order valence-corrected chi connectivity index (χ0v) is 21.2. The zero-order chi connectivity index (χ0) is 26.6. The molecule has 0 spiro atoms. The summed E-state index contributed by atoms with van der Waals surface area (Å²) in [6.07, 6.45) is 0.463. The highest BCUT2D eigenvalue weighted by Crippen LogP contribution is 2.26. The minimum Gasteiger partial charge on any atom is -0.457 e. The third kappa shape index (κ3) is 9.29. The van der Waals surface area contributed by atoms with E-state index in [1.807, 2.05) is 32.0 Å². The molecule has 0 aliphatic carbocycles. The Morgan fingerprint density at radius 3 is 2.27 bits per heavy atom. The number of nitrogens with zero attached hydrogens (tertiary/aromatic N) is 1. The highest BCUT2D eigenvalue weighted by Gasteiger charge is 2.22. The van der Waals surface area contributed by atoms with Crippen molar-refractivity contribution in [2.75, 3.05) is 32.2 Å². The highest BCUT2D eigenvalue weighted by molar-refractivity contribution is 5.96. The smallest absolute Gasteiger partial charge is 0.248 e. The molecule has 8 nitrogen and oxygen atoms in total. The Kier molecular flexibility index (Phi) is 10.5. The predicted octanol–water partition coefficient (Wildman–Crippen LogP) is 4.81. The second-order valence-electron chi connectivity index (χ2n) is 8.77. The SMILES string of the molecule is COCCOCC(=O)NC(CC(C)C)C(=O)Nc1cccc(-c2ccc(Oc3ccc(F)cc3)cc2)n1. The molecule has 0 fully saturated rings. The summed E-state index contributed by atoms with van der Waals surface area (Å²) in [5, 5.41) is 5.55. The highest BCUT2D eigenvalue weighted by atomic mass is 19.1. The summed E-state index contributed by atoms with van der Waals surface area (Å²) >= 11 is 0. The van der Waals surface area contributed by atoms with Gasteiger partial charge in [-0.2, -0.15) is 0 Å². The molecule has 1 unspecified atom stereocenters. The maximum Gasteiger partial charge on any atom is 0.248 e. The number of rotatable bonds is 13. The second kappa shape index (κ2) is 14.1. The van der Waals surface area contributed by atoms with Crippen LogP contribution in [0.15, 0.2) is 66.7 Å². The lowest BCUT2D eigenvalue weighted by Crippen LogP contribution is -2.46. The number of halogens is 1. The first-order chi connectivity index (χ1) is 17.8. The quantitative estimate of drug-likeness (QED) is 0.321. The molecule has 37 heavy (non-hydrogen) atoms. The fraction of sp³-hybridized carbons (Fsp3) is 0.321. The number of benzene rings is 2. The fourth-order valence-corrected chi connectivity index (χ4v) is 3.46. The molecule has 3 rings (SSSR count). The summed E-state index contributed by atoms with van der Waals surface area (Å²) in [7, 11) is 1.55. The molecular weight excluding hydrogens is 477 g/mol. The van der Waals surface area contributed by atoms with Gasteiger partial charge in [-0.3, -0.25) is 9.59 Å². The number of pyridine rings is 1. The van der Waals surface area contributed by atoms with Gasteiger partial charge in [-0.05, 0) is 73.0 Å². The summed E-state index contributed by atoms with van der Waals surface area (Å²) in [5.74, 6) is 0.618. The Labute approximate surface area is 216 Å². The number of amides is 2. The maximum absolute atomic E-state index is 13.1. The summed E-state index contributed by atoms with van der Waals surface area (Å²) in [5.41, 5.74) is 1.48. The van der Waals surface area contributed by atoms with Crippen molar-refractivity contribution in [1.29, 1.82) is 0 Å². The molecule has 2 amide bonds. The molecule has 1 atom stereocenters. The van der Waals surface area contributed by atoms with Gasteiger partial charge in [0.15, 0.2) is 0 Å². The first-order valence-corrected chi connectivity index (χ1v) is 12.0. The van der Waals surface area contributed by atoms with Crippen molar-refractivity contribution < 1.29 is 28.2 Å². The standard InChI is InChI=1S/C28H32FN3O5/c1-19(2)17-25(31-27(33)18-36-16-15-35-3)28(34)32-26-6-4-5-24(30-26)20-7-11-22(12-8-20)37-23-13-9-21(29)10-14-23/h4-14,19,25H,15-18H2,1-3H3,(H,31,33)(H,30,32,34). The van der Waals surface area contributed by atoms with E-state index in [0.29, 0.717) is 42.6 Å². The van der Waals surface area contributed by atoms with Crippen LogP contribution in [0.3, 0.4) is 0 Å². The summed E-state index contributed by atoms with van der Waals surface area (Å²) < 4.78 is 29.0. The Hall–Kier alpha value is -3.82. The van der Waals surface area contributed by atoms with Crippen LogP contribution in [-0.4, -0.2) is 49.8 Å². The van der Waals surface area contributed by atoms with Crippen molar-refractivity contribution in [3.8, 4) is 22.8 Å². The molecule has 196 valence electrons. The zero-order valence-electron chi connectivity index (χ0n) is 21.2. The van der Waals surface area contributed by atoms with Crippen LogP contribution in [0.25, 0.3) is 11.3 Å². The van der Waals surface area contributed by atoms with E-state index in [9.17, 15) is 14.0 Å². The molecule has 0 aliphatic heterocycles. The van der Waals surface area contributed by atoms with E-state index >= 15 is 0 Å². The van der Waals surface area contributed by atoms with Gasteiger partial charge in [0.1, 0.15) is 35.8 Å². The third-order valence-corrected chi connectivity index (χ3v) is 5.22. The number of hydrogen-bond donors (Lipinski definition) is 2. The van der Waals surface area contributed by atoms with Crippen molar-refractivity contribution in [3.63, 3.8) is 0 Å². The van der Waals surface area contributed by atoms with Gasteiger partial charge in [0.25, 0.3) is 0 Å². The van der Waals surface area contributed by atoms with Crippen LogP contribution in [0.5, 0.6) is 11.5 Å². The van der Waals surface area contributed by atoms with Crippen molar-refractivity contribution >= 4 is 17.6 Å². The van der Waals surface area contributed by atoms with Gasteiger partial charge in [0, 0.05) is 12.7 Å². The van der Waals surface area contributed by atoms with E-state index in [0.717, 1.165) is 5.56 Å². The molecule has 3 aromatic rings. The van der Waals surface area contributed by atoms with Crippen LogP contribution in [0.4, 0.5) is 10.2 Å². The number of carbonyl (C=O) groups excluding carboxylic acids is 2. The minimum absolute atomic E-state index is 0.153. The van der Waals surface area contributed by atoms with E-state index in [1.54, 1.807) is 43.5 Å². The van der Waals surface area contributed by atoms with Crippen molar-refractivity contribution in [2.45, 2.75) is 26.3 Å². The maximum atomic E-state index is 13.1. The van der Waals surface area contributed by atoms with Crippen LogP contribution < -0.4 is 15.4 Å². The summed E-state index contributed by atoms with van der Waals surface area (Å²) in [4.78, 5) is 29.8. The van der Waals surface area contributed by atoms with E-state index in [2.05, 4.69) is 15.6 Å². The van der Waals surface area contributed by atoms with Gasteiger partial charge in [-0.15, -0.1) is 0 Å². The Bertz CT molecular complexity index is 1150. The van der Waals surface area contributed by atoms with Crippen LogP contribution >= 0.6 is 0 Å². The number of methoxy groups -OCH3 is 1. The molecular formula is C28H32FN3O5. The Morgan fingerprint density at radius 1 is 0.946 bits per heavy atom. The van der Waals surface area contributed by atoms with Crippen LogP contribution in [-0.2, 0) is 19.1 Å². The molecule has 0 saturated heterocycles. The topological polar surface area (TPSA) is 98.8 Å². The largest absolute Gasteiger partial charge is 0.457 e. The van der Waals surface area contributed by atoms with Crippen molar-refractivity contribution in [3.05, 3.63) is 72.5 Å². The molecule has 0 bridgehead atoms. The summed E-state index contributed by atoms with van der Waals surface area (Å²) in [6, 6.07) is 17.6. The van der Waals surface area contributed by atoms with Gasteiger partial charge < -0.3 is 24.8 Å². The van der Waals surface area contributed by atoms with E-state index in [4.69, 9.17) is 14.2 Å².